The van der Waals surface area contributed by atoms with Gasteiger partial charge in [0.2, 0.25) is 5.95 Å². The van der Waals surface area contributed by atoms with Crippen molar-refractivity contribution in [3.63, 3.8) is 0 Å². The summed E-state index contributed by atoms with van der Waals surface area (Å²) in [5.41, 5.74) is -0.413. The van der Waals surface area contributed by atoms with Crippen molar-refractivity contribution in [1.29, 1.82) is 0 Å². The Bertz CT molecular complexity index is 886. The fourth-order valence-electron chi connectivity index (χ4n) is 2.98. The van der Waals surface area contributed by atoms with Crippen LogP contribution in [0, 0.1) is 12.7 Å². The molecule has 2 aromatic rings. The number of hydrogen-bond acceptors (Lipinski definition) is 4. The summed E-state index contributed by atoms with van der Waals surface area (Å²) in [6.45, 7) is 0.272. The Labute approximate surface area is 153 Å². The van der Waals surface area contributed by atoms with Crippen LogP contribution in [0.3, 0.4) is 0 Å². The highest BCUT2D eigenvalue weighted by Crippen LogP contribution is 2.33. The summed E-state index contributed by atoms with van der Waals surface area (Å²) in [5.74, 6) is -0.762. The van der Waals surface area contributed by atoms with Gasteiger partial charge >= 0.3 is 6.18 Å². The largest absolute Gasteiger partial charge is 0.416 e. The van der Waals surface area contributed by atoms with Crippen molar-refractivity contribution in [2.24, 2.45) is 0 Å². The number of benzene rings is 1. The number of halogens is 4. The van der Waals surface area contributed by atoms with Gasteiger partial charge in [-0.1, -0.05) is 6.07 Å². The number of rotatable bonds is 4. The fourth-order valence-corrected chi connectivity index (χ4v) is 2.98. The number of anilines is 1. The van der Waals surface area contributed by atoms with E-state index in [1.54, 1.807) is 6.92 Å². The van der Waals surface area contributed by atoms with Gasteiger partial charge in [-0.05, 0) is 45.4 Å². The summed E-state index contributed by atoms with van der Waals surface area (Å²) in [7, 11) is 0. The molecule has 0 aliphatic carbocycles. The van der Waals surface area contributed by atoms with Crippen molar-refractivity contribution >= 4 is 5.95 Å². The number of nitrogens with zero attached hydrogens (tertiary/aromatic N) is 3. The van der Waals surface area contributed by atoms with Gasteiger partial charge in [0.25, 0.3) is 0 Å². The number of aromatic nitrogens is 2. The van der Waals surface area contributed by atoms with E-state index in [9.17, 15) is 17.6 Å². The Hall–Kier alpha value is -2.22. The molecule has 1 atom stereocenters. The molecule has 0 saturated carbocycles. The number of alkyl halides is 3. The maximum atomic E-state index is 14.2. The number of nitrogens with one attached hydrogen (secondary N) is 1. The molecule has 0 bridgehead atoms. The molecular formula is C18H20F4N4. The predicted molar refractivity (Wildman–Crippen MR) is 91.3 cm³/mol. The molecule has 0 spiro atoms. The van der Waals surface area contributed by atoms with Crippen LogP contribution in [0.1, 0.15) is 28.2 Å². The summed E-state index contributed by atoms with van der Waals surface area (Å²) in [5, 5.41) is 3.00. The maximum absolute atomic E-state index is 14.2. The van der Waals surface area contributed by atoms with Gasteiger partial charge in [0.1, 0.15) is 5.82 Å². The molecule has 1 aromatic heterocycles. The van der Waals surface area contributed by atoms with E-state index in [1.807, 2.05) is 0 Å². The minimum absolute atomic E-state index is 0.0218. The second-order valence-corrected chi connectivity index (χ2v) is 6.26. The van der Waals surface area contributed by atoms with Crippen LogP contribution in [0.4, 0.5) is 23.5 Å². The van der Waals surface area contributed by atoms with E-state index in [1.165, 1.54) is 11.1 Å². The zero-order valence-electron chi connectivity index (χ0n) is 17.1. The Morgan fingerprint density at radius 3 is 2.81 bits per heavy atom. The van der Waals surface area contributed by atoms with Crippen molar-refractivity contribution in [3.05, 3.63) is 41.5 Å². The van der Waals surface area contributed by atoms with E-state index in [0.29, 0.717) is 24.8 Å². The first-order chi connectivity index (χ1) is 13.5. The van der Waals surface area contributed by atoms with Crippen LogP contribution >= 0.6 is 0 Å². The van der Waals surface area contributed by atoms with Crippen molar-refractivity contribution in [2.75, 3.05) is 25.4 Å². The first-order valence-corrected chi connectivity index (χ1v) is 8.18. The monoisotopic (exact) mass is 371 g/mol. The highest BCUT2D eigenvalue weighted by molar-refractivity contribution is 5.66. The van der Waals surface area contributed by atoms with Gasteiger partial charge in [-0.3, -0.25) is 0 Å². The van der Waals surface area contributed by atoms with Crippen LogP contribution in [-0.4, -0.2) is 41.0 Å². The Morgan fingerprint density at radius 1 is 1.35 bits per heavy atom. The highest BCUT2D eigenvalue weighted by Gasteiger charge is 2.31. The van der Waals surface area contributed by atoms with Crippen LogP contribution in [0.25, 0.3) is 11.1 Å². The standard InChI is InChI=1S/C18H20F4N4/c1-11-15(14-6-5-12(8-16(14)19)18(20,21)22)10-24-17(25-11)23-9-13-4-3-7-26(13)2/h5-6,8,10,13H,3-4,7,9H2,1-2H3,(H,23,24,25)/t13-/m1/s1/i2D3. The summed E-state index contributed by atoms with van der Waals surface area (Å²) in [4.78, 5) is 9.80. The predicted octanol–water partition coefficient (Wildman–Crippen LogP) is 4.12. The molecule has 1 aromatic carbocycles. The first-order valence-electron chi connectivity index (χ1n) is 9.68. The molecule has 1 N–H and O–H groups in total. The SMILES string of the molecule is [2H]C([2H])([2H])N1CCC[C@@H]1CNc1ncc(-c2ccc(C(F)(F)F)cc2F)c(C)n1. The van der Waals surface area contributed by atoms with Crippen molar-refractivity contribution in [2.45, 2.75) is 32.0 Å². The topological polar surface area (TPSA) is 41.0 Å². The van der Waals surface area contributed by atoms with Gasteiger partial charge < -0.3 is 10.2 Å². The van der Waals surface area contributed by atoms with Gasteiger partial charge in [0.05, 0.1) is 11.3 Å². The van der Waals surface area contributed by atoms with E-state index in [4.69, 9.17) is 4.11 Å². The van der Waals surface area contributed by atoms with Gasteiger partial charge in [-0.2, -0.15) is 13.2 Å². The molecule has 1 fully saturated rings. The molecule has 1 aliphatic rings. The summed E-state index contributed by atoms with van der Waals surface area (Å²) in [6, 6.07) is 2.14. The van der Waals surface area contributed by atoms with E-state index in [0.717, 1.165) is 25.0 Å². The molecule has 2 heterocycles. The summed E-state index contributed by atoms with van der Waals surface area (Å²) >= 11 is 0. The zero-order chi connectivity index (χ0) is 21.4. The molecule has 8 heteroatoms. The lowest BCUT2D eigenvalue weighted by Gasteiger charge is -2.19. The molecule has 140 valence electrons. The van der Waals surface area contributed by atoms with Crippen LogP contribution < -0.4 is 5.32 Å². The average Bonchev–Trinajstić information content (AvgIpc) is 3.09. The molecule has 0 radical (unpaired) electrons. The lowest BCUT2D eigenvalue weighted by molar-refractivity contribution is -0.137. The van der Waals surface area contributed by atoms with Crippen LogP contribution in [0.2, 0.25) is 0 Å². The summed E-state index contributed by atoms with van der Waals surface area (Å²) in [6.07, 6.45) is -1.76. The second-order valence-electron chi connectivity index (χ2n) is 6.26. The minimum atomic E-state index is -4.62. The number of likely N-dealkylation sites (N-methyl/N-ethyl adjacent to an activating group) is 1. The Balaban J connectivity index is 1.74. The molecule has 0 amide bonds. The molecule has 0 unspecified atom stereocenters. The highest BCUT2D eigenvalue weighted by atomic mass is 19.4. The smallest absolute Gasteiger partial charge is 0.353 e. The van der Waals surface area contributed by atoms with Crippen LogP contribution in [0.5, 0.6) is 0 Å². The van der Waals surface area contributed by atoms with Gasteiger partial charge in [0, 0.05) is 34.0 Å². The van der Waals surface area contributed by atoms with E-state index >= 15 is 0 Å². The average molecular weight is 371 g/mol. The number of hydrogen-bond donors (Lipinski definition) is 1. The zero-order valence-corrected chi connectivity index (χ0v) is 14.1. The van der Waals surface area contributed by atoms with Crippen molar-refractivity contribution < 1.29 is 21.7 Å². The van der Waals surface area contributed by atoms with Gasteiger partial charge in [-0.25, -0.2) is 14.4 Å². The lowest BCUT2D eigenvalue weighted by atomic mass is 10.0. The third-order valence-electron chi connectivity index (χ3n) is 4.44. The molecule has 4 nitrogen and oxygen atoms in total. The van der Waals surface area contributed by atoms with Crippen LogP contribution in [-0.2, 0) is 6.18 Å². The van der Waals surface area contributed by atoms with Crippen molar-refractivity contribution in [3.8, 4) is 11.1 Å². The molecule has 26 heavy (non-hydrogen) atoms. The molecule has 3 rings (SSSR count). The maximum Gasteiger partial charge on any atom is 0.416 e. The molecular weight excluding hydrogens is 348 g/mol. The third kappa shape index (κ3) is 3.95. The molecule has 1 saturated heterocycles. The third-order valence-corrected chi connectivity index (χ3v) is 4.44. The fraction of sp³-hybridized carbons (Fsp3) is 0.444. The van der Waals surface area contributed by atoms with E-state index < -0.39 is 24.5 Å². The minimum Gasteiger partial charge on any atom is -0.353 e. The van der Waals surface area contributed by atoms with Gasteiger partial charge in [0.15, 0.2) is 0 Å². The normalized spacial score (nSPS) is 20.5. The quantitative estimate of drug-likeness (QED) is 0.821. The molecule has 1 aliphatic heterocycles. The number of aryl methyl sites for hydroxylation is 1. The van der Waals surface area contributed by atoms with Crippen molar-refractivity contribution in [1.82, 2.24) is 14.9 Å². The Morgan fingerprint density at radius 2 is 2.15 bits per heavy atom. The van der Waals surface area contributed by atoms with Crippen LogP contribution in [0.15, 0.2) is 24.4 Å². The van der Waals surface area contributed by atoms with E-state index in [2.05, 4.69) is 15.3 Å². The Kier molecular flexibility index (Phi) is 4.12. The first kappa shape index (κ1) is 14.9. The van der Waals surface area contributed by atoms with Gasteiger partial charge in [-0.15, -0.1) is 0 Å². The number of likely N-dealkylation sites (tertiary alicyclic amines) is 1. The summed E-state index contributed by atoms with van der Waals surface area (Å²) < 4.78 is 75.1. The van der Waals surface area contributed by atoms with E-state index in [-0.39, 0.29) is 23.1 Å². The second kappa shape index (κ2) is 7.19. The lowest BCUT2D eigenvalue weighted by Crippen LogP contribution is -2.32.